The van der Waals surface area contributed by atoms with Crippen molar-refractivity contribution in [3.63, 3.8) is 0 Å². The van der Waals surface area contributed by atoms with E-state index in [2.05, 4.69) is 32.9 Å². The van der Waals surface area contributed by atoms with Crippen LogP contribution in [-0.4, -0.2) is 21.1 Å². The fraction of sp³-hybridized carbons (Fsp3) is 0.765. The van der Waals surface area contributed by atoms with Gasteiger partial charge in [-0.3, -0.25) is 0 Å². The van der Waals surface area contributed by atoms with Crippen molar-refractivity contribution in [2.45, 2.75) is 82.0 Å². The molecule has 1 aromatic rings. The van der Waals surface area contributed by atoms with Crippen LogP contribution in [0.3, 0.4) is 0 Å². The van der Waals surface area contributed by atoms with Gasteiger partial charge in [0.15, 0.2) is 0 Å². The molecule has 0 aliphatic heterocycles. The summed E-state index contributed by atoms with van der Waals surface area (Å²) in [6, 6.07) is 4.30. The molecule has 0 unspecified atom stereocenters. The van der Waals surface area contributed by atoms with Crippen molar-refractivity contribution >= 4 is 24.9 Å². The summed E-state index contributed by atoms with van der Waals surface area (Å²) in [6.45, 7) is 6.97. The Morgan fingerprint density at radius 1 is 0.947 bits per heavy atom. The Bertz CT molecular complexity index is 283. The second-order valence-corrected chi connectivity index (χ2v) is 10.8. The van der Waals surface area contributed by atoms with E-state index in [9.17, 15) is 0 Å². The quantitative estimate of drug-likeness (QED) is 0.480. The van der Waals surface area contributed by atoms with Gasteiger partial charge in [-0.2, -0.15) is 0 Å². The van der Waals surface area contributed by atoms with Gasteiger partial charge in [-0.25, -0.2) is 0 Å². The molecule has 0 saturated heterocycles. The van der Waals surface area contributed by atoms with Gasteiger partial charge in [0.1, 0.15) is 0 Å². The first-order valence-electron chi connectivity index (χ1n) is 8.08. The zero-order valence-electron chi connectivity index (χ0n) is 13.0. The normalized spacial score (nSPS) is 11.9. The molecule has 0 spiro atoms. The van der Waals surface area contributed by atoms with E-state index in [0.717, 1.165) is 0 Å². The number of hydrogen-bond acceptors (Lipinski definition) is 1. The molecule has 0 aliphatic rings. The third-order valence-electron chi connectivity index (χ3n) is 3.94. The van der Waals surface area contributed by atoms with Gasteiger partial charge in [-0.1, -0.05) is 0 Å². The molecule has 0 aliphatic carbocycles. The molecule has 1 aromatic heterocycles. The monoisotopic (exact) mass is 370 g/mol. The third kappa shape index (κ3) is 6.37. The third-order valence-corrected chi connectivity index (χ3v) is 9.11. The molecule has 2 heteroatoms. The summed E-state index contributed by atoms with van der Waals surface area (Å²) in [5.41, 5.74) is 0. The van der Waals surface area contributed by atoms with Crippen LogP contribution in [0.1, 0.15) is 78.6 Å². The van der Waals surface area contributed by atoms with Crippen LogP contribution in [0.2, 0.25) is 3.43 Å². The van der Waals surface area contributed by atoms with Crippen LogP contribution in [0.25, 0.3) is 0 Å². The van der Waals surface area contributed by atoms with E-state index in [-0.39, 0.29) is 0 Å². The second kappa shape index (κ2) is 9.90. The van der Waals surface area contributed by atoms with Crippen molar-refractivity contribution < 1.29 is 4.42 Å². The summed E-state index contributed by atoms with van der Waals surface area (Å²) in [7, 11) is 0. The Balaban J connectivity index is 2.74. The van der Waals surface area contributed by atoms with Gasteiger partial charge in [-0.15, -0.1) is 0 Å². The number of rotatable bonds is 11. The van der Waals surface area contributed by atoms with E-state index in [1.54, 1.807) is 0 Å². The van der Waals surface area contributed by atoms with Gasteiger partial charge in [0.25, 0.3) is 0 Å². The van der Waals surface area contributed by atoms with Crippen LogP contribution in [0.5, 0.6) is 0 Å². The Morgan fingerprint density at radius 2 is 1.47 bits per heavy atom. The molecule has 0 amide bonds. The summed E-state index contributed by atoms with van der Waals surface area (Å²) in [5.74, 6) is 0. The van der Waals surface area contributed by atoms with Crippen molar-refractivity contribution in [1.82, 2.24) is 0 Å². The Kier molecular flexibility index (Phi) is 8.93. The van der Waals surface area contributed by atoms with Crippen LogP contribution in [0.15, 0.2) is 22.8 Å². The minimum atomic E-state index is -0.610. The van der Waals surface area contributed by atoms with Crippen LogP contribution in [0.4, 0.5) is 0 Å². The fourth-order valence-electron chi connectivity index (χ4n) is 2.72. The minimum absolute atomic E-state index is 0.610. The topological polar surface area (TPSA) is 13.1 Å². The fourth-order valence-corrected chi connectivity index (χ4v) is 7.67. The molecule has 0 fully saturated rings. The average Bonchev–Trinajstić information content (AvgIpc) is 2.93. The summed E-state index contributed by atoms with van der Waals surface area (Å²) in [6.07, 6.45) is 14.4. The summed E-state index contributed by atoms with van der Waals surface area (Å²) >= 11 is -0.610. The van der Waals surface area contributed by atoms with E-state index in [1.165, 1.54) is 61.6 Å². The molecule has 0 aromatic carbocycles. The first-order valence-corrected chi connectivity index (χ1v) is 10.9. The van der Waals surface area contributed by atoms with Crippen molar-refractivity contribution in [3.05, 3.63) is 18.4 Å². The Morgan fingerprint density at radius 3 is 1.84 bits per heavy atom. The standard InChI is InChI=1S/C13H27.C4H3O.Sn/c1-4-7-10-13(11-8-5-2)12-9-6-3;1-2-4-5-3-1;/h4-12H2,1-3H3;1-3H;. The van der Waals surface area contributed by atoms with Gasteiger partial charge >= 0.3 is 130 Å². The predicted molar refractivity (Wildman–Crippen MR) is 85.4 cm³/mol. The molecule has 19 heavy (non-hydrogen) atoms. The first kappa shape index (κ1) is 17.1. The number of hydrogen-bond donors (Lipinski definition) is 0. The zero-order chi connectivity index (χ0) is 14.0. The summed E-state index contributed by atoms with van der Waals surface area (Å²) < 4.78 is 7.71. The number of unbranched alkanes of at least 4 members (excludes halogenated alkanes) is 3. The van der Waals surface area contributed by atoms with Crippen LogP contribution in [-0.2, 0) is 0 Å². The van der Waals surface area contributed by atoms with Gasteiger partial charge in [-0.05, 0) is 0 Å². The Hall–Kier alpha value is 0.0787. The zero-order valence-corrected chi connectivity index (χ0v) is 15.9. The average molecular weight is 369 g/mol. The first-order chi connectivity index (χ1) is 9.26. The van der Waals surface area contributed by atoms with E-state index < -0.39 is 21.1 Å². The van der Waals surface area contributed by atoms with Gasteiger partial charge in [0.2, 0.25) is 0 Å². The molecule has 0 bridgehead atoms. The molecule has 108 valence electrons. The molecule has 0 N–H and O–H groups in total. The second-order valence-electron chi connectivity index (χ2n) is 5.69. The molecule has 2 radical (unpaired) electrons. The van der Waals surface area contributed by atoms with Gasteiger partial charge in [0.05, 0.1) is 0 Å². The number of furan rings is 1. The van der Waals surface area contributed by atoms with Crippen molar-refractivity contribution in [2.75, 3.05) is 0 Å². The van der Waals surface area contributed by atoms with Crippen LogP contribution < -0.4 is 3.78 Å². The van der Waals surface area contributed by atoms with Crippen molar-refractivity contribution in [1.29, 1.82) is 0 Å². The summed E-state index contributed by atoms with van der Waals surface area (Å²) in [5, 5.41) is 0. The van der Waals surface area contributed by atoms with E-state index in [4.69, 9.17) is 4.42 Å². The van der Waals surface area contributed by atoms with Crippen LogP contribution >= 0.6 is 0 Å². The maximum atomic E-state index is 5.70. The van der Waals surface area contributed by atoms with E-state index in [1.807, 2.05) is 6.26 Å². The van der Waals surface area contributed by atoms with Crippen molar-refractivity contribution in [3.8, 4) is 0 Å². The predicted octanol–water partition coefficient (Wildman–Crippen LogP) is 5.34. The molecule has 1 heterocycles. The molecule has 0 atom stereocenters. The van der Waals surface area contributed by atoms with Gasteiger partial charge < -0.3 is 0 Å². The molecule has 0 saturated carbocycles. The Labute approximate surface area is 129 Å². The SMILES string of the molecule is CCCC[C](CCCC)(CCCC)[Sn][c]1ccco1. The maximum absolute atomic E-state index is 5.70. The van der Waals surface area contributed by atoms with Crippen LogP contribution in [0, 0.1) is 0 Å². The molecular weight excluding hydrogens is 339 g/mol. The molecule has 1 nitrogen and oxygen atoms in total. The van der Waals surface area contributed by atoms with Crippen molar-refractivity contribution in [2.24, 2.45) is 0 Å². The van der Waals surface area contributed by atoms with E-state index >= 15 is 0 Å². The summed E-state index contributed by atoms with van der Waals surface area (Å²) in [4.78, 5) is 0. The van der Waals surface area contributed by atoms with Gasteiger partial charge in [0, 0.05) is 0 Å². The molecule has 1 rings (SSSR count). The molecular formula is C17H30OSn. The van der Waals surface area contributed by atoms with E-state index in [0.29, 0.717) is 3.43 Å².